The highest BCUT2D eigenvalue weighted by molar-refractivity contribution is 7.89. The predicted molar refractivity (Wildman–Crippen MR) is 64.1 cm³/mol. The Kier molecular flexibility index (Phi) is 5.39. The van der Waals surface area contributed by atoms with E-state index in [0.717, 1.165) is 0 Å². The quantitative estimate of drug-likeness (QED) is 0.742. The third-order valence-corrected chi connectivity index (χ3v) is 4.60. The number of rotatable bonds is 6. The van der Waals surface area contributed by atoms with Crippen LogP contribution in [-0.2, 0) is 10.0 Å². The largest absolute Gasteiger partial charge is 0.330 e. The zero-order valence-corrected chi connectivity index (χ0v) is 11.2. The molecule has 0 aliphatic heterocycles. The minimum absolute atomic E-state index is 0.280. The van der Waals surface area contributed by atoms with Crippen molar-refractivity contribution in [2.75, 3.05) is 19.6 Å². The second-order valence-electron chi connectivity index (χ2n) is 4.61. The van der Waals surface area contributed by atoms with Crippen LogP contribution >= 0.6 is 0 Å². The highest BCUT2D eigenvalue weighted by atomic mass is 32.2. The molecule has 0 rings (SSSR count). The van der Waals surface area contributed by atoms with Crippen LogP contribution in [0.1, 0.15) is 27.7 Å². The van der Waals surface area contributed by atoms with Gasteiger partial charge in [-0.2, -0.15) is 5.26 Å². The van der Waals surface area contributed by atoms with Crippen molar-refractivity contribution < 1.29 is 8.42 Å². The van der Waals surface area contributed by atoms with Crippen molar-refractivity contribution in [2.24, 2.45) is 11.1 Å². The molecule has 0 saturated carbocycles. The molecule has 0 radical (unpaired) electrons. The van der Waals surface area contributed by atoms with E-state index in [1.54, 1.807) is 13.0 Å². The molecule has 0 amide bonds. The number of sulfonamides is 1. The SMILES string of the molecule is CCN(CC(C)(C)CN)S(=O)(=O)C(C)C#N. The first-order valence-corrected chi connectivity index (χ1v) is 6.80. The second-order valence-corrected chi connectivity index (χ2v) is 6.86. The molecule has 1 unspecified atom stereocenters. The summed E-state index contributed by atoms with van der Waals surface area (Å²) in [6, 6.07) is 1.76. The van der Waals surface area contributed by atoms with Gasteiger partial charge in [-0.3, -0.25) is 0 Å². The van der Waals surface area contributed by atoms with E-state index in [1.807, 2.05) is 13.8 Å². The predicted octanol–water partition coefficient (Wildman–Crippen LogP) is 0.535. The van der Waals surface area contributed by atoms with E-state index in [1.165, 1.54) is 11.2 Å². The third kappa shape index (κ3) is 3.74. The summed E-state index contributed by atoms with van der Waals surface area (Å²) in [5.74, 6) is 0. The van der Waals surface area contributed by atoms with Gasteiger partial charge in [0, 0.05) is 13.1 Å². The molecule has 1 atom stereocenters. The molecule has 0 saturated heterocycles. The van der Waals surface area contributed by atoms with Crippen LogP contribution in [0.3, 0.4) is 0 Å². The van der Waals surface area contributed by atoms with Crippen molar-refractivity contribution in [1.29, 1.82) is 5.26 Å². The van der Waals surface area contributed by atoms with Crippen LogP contribution in [0.5, 0.6) is 0 Å². The van der Waals surface area contributed by atoms with Gasteiger partial charge < -0.3 is 5.73 Å². The van der Waals surface area contributed by atoms with Crippen molar-refractivity contribution in [2.45, 2.75) is 32.9 Å². The van der Waals surface area contributed by atoms with E-state index in [4.69, 9.17) is 11.0 Å². The van der Waals surface area contributed by atoms with Crippen molar-refractivity contribution in [3.63, 3.8) is 0 Å². The first kappa shape index (κ1) is 15.4. The average Bonchev–Trinajstić information content (AvgIpc) is 2.24. The zero-order valence-electron chi connectivity index (χ0n) is 10.4. The Labute approximate surface area is 98.3 Å². The molecule has 5 nitrogen and oxygen atoms in total. The highest BCUT2D eigenvalue weighted by Crippen LogP contribution is 2.19. The summed E-state index contributed by atoms with van der Waals surface area (Å²) in [6.45, 7) is 8.07. The Hall–Kier alpha value is -0.640. The fourth-order valence-electron chi connectivity index (χ4n) is 1.21. The molecule has 0 aliphatic rings. The van der Waals surface area contributed by atoms with E-state index in [0.29, 0.717) is 19.6 Å². The maximum Gasteiger partial charge on any atom is 0.230 e. The number of nitriles is 1. The molecule has 0 aromatic carbocycles. The number of hydrogen-bond acceptors (Lipinski definition) is 4. The Bertz CT molecular complexity index is 357. The van der Waals surface area contributed by atoms with E-state index in [9.17, 15) is 8.42 Å². The van der Waals surface area contributed by atoms with Crippen LogP contribution in [0.2, 0.25) is 0 Å². The van der Waals surface area contributed by atoms with E-state index < -0.39 is 15.3 Å². The van der Waals surface area contributed by atoms with Crippen molar-refractivity contribution >= 4 is 10.0 Å². The Morgan fingerprint density at radius 2 is 2.00 bits per heavy atom. The Morgan fingerprint density at radius 3 is 2.31 bits per heavy atom. The topological polar surface area (TPSA) is 87.2 Å². The molecule has 0 heterocycles. The van der Waals surface area contributed by atoms with Crippen molar-refractivity contribution in [1.82, 2.24) is 4.31 Å². The minimum atomic E-state index is -3.53. The maximum atomic E-state index is 11.9. The van der Waals surface area contributed by atoms with Crippen LogP contribution in [0.15, 0.2) is 0 Å². The van der Waals surface area contributed by atoms with Crippen molar-refractivity contribution in [3.8, 4) is 6.07 Å². The maximum absolute atomic E-state index is 11.9. The summed E-state index contributed by atoms with van der Waals surface area (Å²) in [5.41, 5.74) is 5.30. The van der Waals surface area contributed by atoms with Crippen molar-refractivity contribution in [3.05, 3.63) is 0 Å². The minimum Gasteiger partial charge on any atom is -0.330 e. The lowest BCUT2D eigenvalue weighted by Gasteiger charge is -2.30. The van der Waals surface area contributed by atoms with E-state index >= 15 is 0 Å². The lowest BCUT2D eigenvalue weighted by atomic mass is 9.94. The van der Waals surface area contributed by atoms with E-state index in [-0.39, 0.29) is 5.41 Å². The summed E-state index contributed by atoms with van der Waals surface area (Å²) >= 11 is 0. The monoisotopic (exact) mass is 247 g/mol. The molecule has 94 valence electrons. The fraction of sp³-hybridized carbons (Fsp3) is 0.900. The van der Waals surface area contributed by atoms with Gasteiger partial charge in [0.1, 0.15) is 0 Å². The molecule has 0 spiro atoms. The molecule has 0 fully saturated rings. The normalized spacial score (nSPS) is 14.8. The van der Waals surface area contributed by atoms with Crippen LogP contribution in [0, 0.1) is 16.7 Å². The summed E-state index contributed by atoms with van der Waals surface area (Å²) in [6.07, 6.45) is 0. The molecule has 0 aromatic rings. The van der Waals surface area contributed by atoms with E-state index in [2.05, 4.69) is 0 Å². The fourth-order valence-corrected chi connectivity index (χ4v) is 2.68. The van der Waals surface area contributed by atoms with Crippen LogP contribution in [0.4, 0.5) is 0 Å². The third-order valence-electron chi connectivity index (χ3n) is 2.50. The number of nitrogens with two attached hydrogens (primary N) is 1. The zero-order chi connectivity index (χ0) is 13.0. The molecule has 0 aromatic heterocycles. The molecular formula is C10H21N3O2S. The molecule has 16 heavy (non-hydrogen) atoms. The average molecular weight is 247 g/mol. The first-order chi connectivity index (χ1) is 7.21. The smallest absolute Gasteiger partial charge is 0.230 e. The van der Waals surface area contributed by atoms with Gasteiger partial charge in [0.2, 0.25) is 10.0 Å². The van der Waals surface area contributed by atoms with Gasteiger partial charge >= 0.3 is 0 Å². The lowest BCUT2D eigenvalue weighted by molar-refractivity contribution is 0.272. The number of hydrogen-bond donors (Lipinski definition) is 1. The first-order valence-electron chi connectivity index (χ1n) is 5.30. The second kappa shape index (κ2) is 5.62. The van der Waals surface area contributed by atoms with Gasteiger partial charge in [0.15, 0.2) is 5.25 Å². The highest BCUT2D eigenvalue weighted by Gasteiger charge is 2.31. The molecular weight excluding hydrogens is 226 g/mol. The van der Waals surface area contributed by atoms with Gasteiger partial charge in [-0.1, -0.05) is 20.8 Å². The lowest BCUT2D eigenvalue weighted by Crippen LogP contribution is -2.44. The summed E-state index contributed by atoms with van der Waals surface area (Å²) in [7, 11) is -3.53. The Morgan fingerprint density at radius 1 is 1.50 bits per heavy atom. The van der Waals surface area contributed by atoms with Crippen LogP contribution in [-0.4, -0.2) is 37.6 Å². The van der Waals surface area contributed by atoms with Crippen LogP contribution < -0.4 is 5.73 Å². The molecule has 6 heteroatoms. The van der Waals surface area contributed by atoms with Gasteiger partial charge in [-0.05, 0) is 18.9 Å². The van der Waals surface area contributed by atoms with Gasteiger partial charge in [-0.15, -0.1) is 0 Å². The summed E-state index contributed by atoms with van der Waals surface area (Å²) in [4.78, 5) is 0. The summed E-state index contributed by atoms with van der Waals surface area (Å²) < 4.78 is 25.2. The van der Waals surface area contributed by atoms with Crippen LogP contribution in [0.25, 0.3) is 0 Å². The standard InChI is InChI=1S/C10H21N3O2S/c1-5-13(8-10(3,4)7-12)16(14,15)9(2)6-11/h9H,5,7-8,12H2,1-4H3. The van der Waals surface area contributed by atoms with Gasteiger partial charge in [0.05, 0.1) is 6.07 Å². The molecule has 0 bridgehead atoms. The molecule has 2 N–H and O–H groups in total. The summed E-state index contributed by atoms with van der Waals surface area (Å²) in [5, 5.41) is 7.68. The number of nitrogens with zero attached hydrogens (tertiary/aromatic N) is 2. The van der Waals surface area contributed by atoms with Gasteiger partial charge in [0.25, 0.3) is 0 Å². The molecule has 0 aliphatic carbocycles. The van der Waals surface area contributed by atoms with Gasteiger partial charge in [-0.25, -0.2) is 12.7 Å². The Balaban J connectivity index is 4.97.